The lowest BCUT2D eigenvalue weighted by molar-refractivity contribution is 0.0992. The van der Waals surface area contributed by atoms with Gasteiger partial charge in [-0.3, -0.25) is 9.48 Å². The molecular weight excluding hydrogens is 352 g/mol. The summed E-state index contributed by atoms with van der Waals surface area (Å²) in [6, 6.07) is 5.73. The summed E-state index contributed by atoms with van der Waals surface area (Å²) in [6.07, 6.45) is 0. The molecule has 8 heteroatoms. The maximum Gasteiger partial charge on any atom is 0.300 e. The van der Waals surface area contributed by atoms with Crippen LogP contribution in [0, 0.1) is 6.92 Å². The molecule has 2 heterocycles. The molecule has 138 valence electrons. The highest BCUT2D eigenvalue weighted by Crippen LogP contribution is 2.33. The van der Waals surface area contributed by atoms with Gasteiger partial charge in [-0.15, -0.1) is 0 Å². The third-order valence-corrected chi connectivity index (χ3v) is 5.24. The van der Waals surface area contributed by atoms with Crippen molar-refractivity contribution in [3.05, 3.63) is 34.4 Å². The fourth-order valence-corrected chi connectivity index (χ4v) is 3.85. The molecule has 26 heavy (non-hydrogen) atoms. The Morgan fingerprint density at radius 2 is 1.85 bits per heavy atom. The number of hydrogen-bond donors (Lipinski definition) is 0. The Balaban J connectivity index is 2.08. The monoisotopic (exact) mass is 374 g/mol. The minimum atomic E-state index is -0.353. The van der Waals surface area contributed by atoms with Crippen LogP contribution in [0.4, 0.5) is 0 Å². The quantitative estimate of drug-likeness (QED) is 0.704. The molecule has 0 aliphatic carbocycles. The third kappa shape index (κ3) is 3.12. The number of aromatic nitrogens is 3. The van der Waals surface area contributed by atoms with E-state index >= 15 is 0 Å². The van der Waals surface area contributed by atoms with E-state index in [-0.39, 0.29) is 11.9 Å². The normalized spacial score (nSPS) is 12.2. The van der Waals surface area contributed by atoms with Crippen LogP contribution in [0.25, 0.3) is 10.2 Å². The van der Waals surface area contributed by atoms with Crippen LogP contribution >= 0.6 is 11.3 Å². The van der Waals surface area contributed by atoms with Gasteiger partial charge in [-0.1, -0.05) is 11.3 Å². The second-order valence-corrected chi connectivity index (χ2v) is 7.25. The molecule has 0 spiro atoms. The largest absolute Gasteiger partial charge is 0.493 e. The maximum absolute atomic E-state index is 12.6. The van der Waals surface area contributed by atoms with Crippen molar-refractivity contribution in [2.75, 3.05) is 14.2 Å². The van der Waals surface area contributed by atoms with Crippen molar-refractivity contribution in [2.24, 2.45) is 12.0 Å². The lowest BCUT2D eigenvalue weighted by Gasteiger charge is -2.07. The van der Waals surface area contributed by atoms with Gasteiger partial charge in [-0.2, -0.15) is 10.1 Å². The number of carbonyl (C=O) groups excluding carboxylic acids is 1. The lowest BCUT2D eigenvalue weighted by Crippen LogP contribution is -2.14. The van der Waals surface area contributed by atoms with Crippen molar-refractivity contribution in [1.82, 2.24) is 14.3 Å². The number of fused-ring (bicyclic) bond motifs is 1. The third-order valence-electron chi connectivity index (χ3n) is 4.14. The summed E-state index contributed by atoms with van der Waals surface area (Å²) in [4.78, 5) is 17.4. The van der Waals surface area contributed by atoms with Crippen molar-refractivity contribution in [3.63, 3.8) is 0 Å². The van der Waals surface area contributed by atoms with E-state index in [1.165, 1.54) is 11.3 Å². The zero-order valence-electron chi connectivity index (χ0n) is 15.7. The van der Waals surface area contributed by atoms with Crippen molar-refractivity contribution >= 4 is 27.5 Å². The summed E-state index contributed by atoms with van der Waals surface area (Å²) in [5.74, 6) is 0.928. The first-order valence-electron chi connectivity index (χ1n) is 8.22. The predicted molar refractivity (Wildman–Crippen MR) is 101 cm³/mol. The van der Waals surface area contributed by atoms with E-state index in [2.05, 4.69) is 10.1 Å². The molecule has 1 amide bonds. The SMILES string of the molecule is COc1cc2sc(=NC(=O)c3cc(C)n(C(C)C)n3)n(C)c2cc1OC. The maximum atomic E-state index is 12.6. The van der Waals surface area contributed by atoms with E-state index in [0.717, 1.165) is 15.9 Å². The zero-order chi connectivity index (χ0) is 19.0. The van der Waals surface area contributed by atoms with Crippen LogP contribution in [0.15, 0.2) is 23.2 Å². The average Bonchev–Trinajstić information content (AvgIpc) is 3.14. The molecule has 1 aromatic carbocycles. The van der Waals surface area contributed by atoms with Crippen LogP contribution in [0.1, 0.15) is 36.1 Å². The Morgan fingerprint density at radius 1 is 1.19 bits per heavy atom. The van der Waals surface area contributed by atoms with Gasteiger partial charge in [0.25, 0.3) is 5.91 Å². The molecule has 3 aromatic rings. The molecule has 2 aromatic heterocycles. The van der Waals surface area contributed by atoms with Gasteiger partial charge in [0.05, 0.1) is 24.4 Å². The van der Waals surface area contributed by atoms with Gasteiger partial charge in [-0.05, 0) is 26.8 Å². The number of carbonyl (C=O) groups is 1. The van der Waals surface area contributed by atoms with Gasteiger partial charge in [0.1, 0.15) is 0 Å². The number of aryl methyl sites for hydroxylation is 2. The van der Waals surface area contributed by atoms with Crippen molar-refractivity contribution in [1.29, 1.82) is 0 Å². The van der Waals surface area contributed by atoms with Crippen LogP contribution in [0.5, 0.6) is 11.5 Å². The number of amides is 1. The molecule has 0 fully saturated rings. The standard InChI is InChI=1S/C18H22N4O3S/c1-10(2)22-11(3)7-12(20-22)17(23)19-18-21(4)13-8-14(24-5)15(25-6)9-16(13)26-18/h7-10H,1-6H3. The molecule has 3 rings (SSSR count). The van der Waals surface area contributed by atoms with Crippen LogP contribution in [0.2, 0.25) is 0 Å². The van der Waals surface area contributed by atoms with Gasteiger partial charge in [0.2, 0.25) is 0 Å². The first kappa shape index (κ1) is 18.2. The number of benzene rings is 1. The minimum absolute atomic E-state index is 0.192. The van der Waals surface area contributed by atoms with E-state index in [0.29, 0.717) is 22.0 Å². The molecule has 0 unspecified atom stereocenters. The van der Waals surface area contributed by atoms with Gasteiger partial charge in [-0.25, -0.2) is 0 Å². The molecule has 0 bridgehead atoms. The van der Waals surface area contributed by atoms with Crippen LogP contribution in [-0.2, 0) is 7.05 Å². The van der Waals surface area contributed by atoms with Crippen molar-refractivity contribution < 1.29 is 14.3 Å². The fourth-order valence-electron chi connectivity index (χ4n) is 2.82. The topological polar surface area (TPSA) is 70.6 Å². The fraction of sp³-hybridized carbons (Fsp3) is 0.389. The Kier molecular flexibility index (Phi) is 4.86. The summed E-state index contributed by atoms with van der Waals surface area (Å²) >= 11 is 1.42. The smallest absolute Gasteiger partial charge is 0.300 e. The molecule has 0 saturated heterocycles. The van der Waals surface area contributed by atoms with Crippen LogP contribution < -0.4 is 14.3 Å². The molecule has 0 aliphatic rings. The highest BCUT2D eigenvalue weighted by atomic mass is 32.1. The number of rotatable bonds is 4. The lowest BCUT2D eigenvalue weighted by atomic mass is 10.3. The summed E-state index contributed by atoms with van der Waals surface area (Å²) in [7, 11) is 5.06. The predicted octanol–water partition coefficient (Wildman–Crippen LogP) is 3.08. The highest BCUT2D eigenvalue weighted by Gasteiger charge is 2.15. The molecular formula is C18H22N4O3S. The molecule has 0 saturated carbocycles. The van der Waals surface area contributed by atoms with E-state index in [4.69, 9.17) is 9.47 Å². The van der Waals surface area contributed by atoms with Crippen molar-refractivity contribution in [2.45, 2.75) is 26.8 Å². The molecule has 0 atom stereocenters. The first-order valence-corrected chi connectivity index (χ1v) is 9.04. The number of nitrogens with zero attached hydrogens (tertiary/aromatic N) is 4. The van der Waals surface area contributed by atoms with Gasteiger partial charge < -0.3 is 14.0 Å². The van der Waals surface area contributed by atoms with E-state index in [1.54, 1.807) is 20.3 Å². The summed E-state index contributed by atoms with van der Waals surface area (Å²) in [6.45, 7) is 5.98. The molecule has 0 N–H and O–H groups in total. The number of thiazole rings is 1. The second-order valence-electron chi connectivity index (χ2n) is 6.24. The number of hydrogen-bond acceptors (Lipinski definition) is 5. The number of ether oxygens (including phenoxy) is 2. The second kappa shape index (κ2) is 6.95. The van der Waals surface area contributed by atoms with E-state index in [1.807, 2.05) is 49.2 Å². The van der Waals surface area contributed by atoms with Crippen molar-refractivity contribution in [3.8, 4) is 11.5 Å². The van der Waals surface area contributed by atoms with Crippen LogP contribution in [-0.4, -0.2) is 34.5 Å². The first-order chi connectivity index (χ1) is 12.3. The average molecular weight is 374 g/mol. The molecule has 7 nitrogen and oxygen atoms in total. The summed E-state index contributed by atoms with van der Waals surface area (Å²) in [5, 5.41) is 4.37. The Labute approximate surface area is 155 Å². The Morgan fingerprint density at radius 3 is 2.42 bits per heavy atom. The summed E-state index contributed by atoms with van der Waals surface area (Å²) < 4.78 is 15.3. The molecule has 0 aliphatic heterocycles. The van der Waals surface area contributed by atoms with Gasteiger partial charge in [0, 0.05) is 30.9 Å². The van der Waals surface area contributed by atoms with E-state index < -0.39 is 0 Å². The Hall–Kier alpha value is -2.61. The van der Waals surface area contributed by atoms with E-state index in [9.17, 15) is 4.79 Å². The summed E-state index contributed by atoms with van der Waals surface area (Å²) in [5.41, 5.74) is 2.21. The minimum Gasteiger partial charge on any atom is -0.493 e. The highest BCUT2D eigenvalue weighted by molar-refractivity contribution is 7.16. The number of methoxy groups -OCH3 is 2. The Bertz CT molecular complexity index is 1040. The van der Waals surface area contributed by atoms with Gasteiger partial charge >= 0.3 is 0 Å². The van der Waals surface area contributed by atoms with Crippen LogP contribution in [0.3, 0.4) is 0 Å². The zero-order valence-corrected chi connectivity index (χ0v) is 16.5. The molecule has 0 radical (unpaired) electrons. The van der Waals surface area contributed by atoms with Gasteiger partial charge in [0.15, 0.2) is 22.0 Å².